The second kappa shape index (κ2) is 8.54. The number of nitrogens with zero attached hydrogens (tertiary/aromatic N) is 1. The zero-order valence-corrected chi connectivity index (χ0v) is 13.6. The van der Waals surface area contributed by atoms with Crippen molar-refractivity contribution in [3.05, 3.63) is 0 Å². The number of amides is 1. The molecule has 0 aromatic heterocycles. The van der Waals surface area contributed by atoms with Crippen LogP contribution in [0.2, 0.25) is 0 Å². The van der Waals surface area contributed by atoms with Crippen LogP contribution in [0.3, 0.4) is 0 Å². The SMILES string of the molecule is CCCNC(C)(CC(C)N(CC)CC(C)C)C(N)=O. The number of carbonyl (C=O) groups excluding carboxylic acids is 1. The average molecular weight is 271 g/mol. The monoisotopic (exact) mass is 271 g/mol. The van der Waals surface area contributed by atoms with E-state index in [1.54, 1.807) is 0 Å². The maximum Gasteiger partial charge on any atom is 0.237 e. The molecule has 1 amide bonds. The first-order valence-corrected chi connectivity index (χ1v) is 7.55. The predicted molar refractivity (Wildman–Crippen MR) is 82.1 cm³/mol. The highest BCUT2D eigenvalue weighted by atomic mass is 16.1. The molecule has 0 radical (unpaired) electrons. The van der Waals surface area contributed by atoms with E-state index in [4.69, 9.17) is 5.73 Å². The molecule has 0 rings (SSSR count). The number of nitrogens with one attached hydrogen (secondary N) is 1. The summed E-state index contributed by atoms with van der Waals surface area (Å²) in [6.07, 6.45) is 1.75. The smallest absolute Gasteiger partial charge is 0.237 e. The molecule has 114 valence electrons. The van der Waals surface area contributed by atoms with Crippen molar-refractivity contribution in [1.29, 1.82) is 0 Å². The summed E-state index contributed by atoms with van der Waals surface area (Å²) in [6, 6.07) is 0.342. The molecule has 0 heterocycles. The predicted octanol–water partition coefficient (Wildman–Crippen LogP) is 1.99. The normalized spacial score (nSPS) is 16.6. The van der Waals surface area contributed by atoms with Gasteiger partial charge in [0.2, 0.25) is 5.91 Å². The Balaban J connectivity index is 4.68. The third kappa shape index (κ3) is 6.39. The number of nitrogens with two attached hydrogens (primary N) is 1. The van der Waals surface area contributed by atoms with Gasteiger partial charge in [0, 0.05) is 12.6 Å². The average Bonchev–Trinajstić information content (AvgIpc) is 2.32. The molecule has 0 aliphatic rings. The van der Waals surface area contributed by atoms with Gasteiger partial charge < -0.3 is 16.0 Å². The fraction of sp³-hybridized carbons (Fsp3) is 0.933. The minimum atomic E-state index is -0.611. The second-order valence-electron chi connectivity index (χ2n) is 6.16. The highest BCUT2D eigenvalue weighted by Gasteiger charge is 2.33. The Labute approximate surface area is 119 Å². The molecule has 0 aliphatic carbocycles. The summed E-state index contributed by atoms with van der Waals surface area (Å²) in [5.74, 6) is 0.374. The van der Waals surface area contributed by atoms with Crippen LogP contribution < -0.4 is 11.1 Å². The third-order valence-corrected chi connectivity index (χ3v) is 3.64. The molecule has 19 heavy (non-hydrogen) atoms. The minimum Gasteiger partial charge on any atom is -0.368 e. The van der Waals surface area contributed by atoms with E-state index in [-0.39, 0.29) is 5.91 Å². The minimum absolute atomic E-state index is 0.256. The Morgan fingerprint density at radius 1 is 1.32 bits per heavy atom. The van der Waals surface area contributed by atoms with Crippen molar-refractivity contribution < 1.29 is 4.79 Å². The van der Waals surface area contributed by atoms with Crippen LogP contribution in [-0.4, -0.2) is 42.0 Å². The van der Waals surface area contributed by atoms with Crippen molar-refractivity contribution in [2.45, 2.75) is 66.0 Å². The lowest BCUT2D eigenvalue weighted by Gasteiger charge is -2.36. The van der Waals surface area contributed by atoms with Crippen LogP contribution in [0.25, 0.3) is 0 Å². The molecule has 3 N–H and O–H groups in total. The zero-order valence-electron chi connectivity index (χ0n) is 13.6. The second-order valence-corrected chi connectivity index (χ2v) is 6.16. The molecule has 0 spiro atoms. The van der Waals surface area contributed by atoms with Crippen LogP contribution in [0.4, 0.5) is 0 Å². The molecule has 0 aromatic rings. The van der Waals surface area contributed by atoms with E-state index in [2.05, 4.69) is 44.8 Å². The Hall–Kier alpha value is -0.610. The standard InChI is InChI=1S/C15H33N3O/c1-7-9-17-15(6,14(16)19)10-13(5)18(8-2)11-12(3)4/h12-13,17H,7-11H2,1-6H3,(H2,16,19). The molecule has 0 saturated heterocycles. The summed E-state index contributed by atoms with van der Waals surface area (Å²) >= 11 is 0. The Kier molecular flexibility index (Phi) is 8.26. The van der Waals surface area contributed by atoms with Crippen LogP contribution >= 0.6 is 0 Å². The fourth-order valence-corrected chi connectivity index (χ4v) is 2.47. The Morgan fingerprint density at radius 2 is 1.89 bits per heavy atom. The van der Waals surface area contributed by atoms with E-state index in [9.17, 15) is 4.79 Å². The molecule has 0 aliphatic heterocycles. The molecule has 2 atom stereocenters. The number of primary amides is 1. The van der Waals surface area contributed by atoms with Gasteiger partial charge >= 0.3 is 0 Å². The first kappa shape index (κ1) is 18.4. The lowest BCUT2D eigenvalue weighted by molar-refractivity contribution is -0.124. The summed E-state index contributed by atoms with van der Waals surface area (Å²) in [5, 5.41) is 3.31. The number of hydrogen-bond donors (Lipinski definition) is 2. The number of rotatable bonds is 10. The van der Waals surface area contributed by atoms with Crippen LogP contribution in [0.1, 0.15) is 54.4 Å². The third-order valence-electron chi connectivity index (χ3n) is 3.64. The van der Waals surface area contributed by atoms with Crippen LogP contribution in [-0.2, 0) is 4.79 Å². The molecule has 2 unspecified atom stereocenters. The first-order chi connectivity index (χ1) is 8.76. The highest BCUT2D eigenvalue weighted by Crippen LogP contribution is 2.17. The highest BCUT2D eigenvalue weighted by molar-refractivity contribution is 5.84. The van der Waals surface area contributed by atoms with Crippen molar-refractivity contribution in [1.82, 2.24) is 10.2 Å². The summed E-state index contributed by atoms with van der Waals surface area (Å²) in [5.41, 5.74) is 4.97. The van der Waals surface area contributed by atoms with Gasteiger partial charge in [-0.2, -0.15) is 0 Å². The van der Waals surface area contributed by atoms with Gasteiger partial charge in [-0.3, -0.25) is 4.79 Å². The van der Waals surface area contributed by atoms with Crippen molar-refractivity contribution in [2.75, 3.05) is 19.6 Å². The van der Waals surface area contributed by atoms with Crippen LogP contribution in [0.15, 0.2) is 0 Å². The van der Waals surface area contributed by atoms with Gasteiger partial charge in [-0.15, -0.1) is 0 Å². The summed E-state index contributed by atoms with van der Waals surface area (Å²) in [4.78, 5) is 14.2. The summed E-state index contributed by atoms with van der Waals surface area (Å²) < 4.78 is 0. The first-order valence-electron chi connectivity index (χ1n) is 7.55. The maximum absolute atomic E-state index is 11.7. The molecule has 0 fully saturated rings. The van der Waals surface area contributed by atoms with Gasteiger partial charge in [0.25, 0.3) is 0 Å². The molecule has 0 saturated carbocycles. The molecular weight excluding hydrogens is 238 g/mol. The largest absolute Gasteiger partial charge is 0.368 e. The van der Waals surface area contributed by atoms with E-state index in [1.165, 1.54) is 0 Å². The number of carbonyl (C=O) groups is 1. The quantitative estimate of drug-likeness (QED) is 0.639. The fourth-order valence-electron chi connectivity index (χ4n) is 2.47. The van der Waals surface area contributed by atoms with E-state index >= 15 is 0 Å². The van der Waals surface area contributed by atoms with Crippen LogP contribution in [0.5, 0.6) is 0 Å². The Morgan fingerprint density at radius 3 is 2.26 bits per heavy atom. The zero-order chi connectivity index (χ0) is 15.1. The van der Waals surface area contributed by atoms with E-state index < -0.39 is 5.54 Å². The van der Waals surface area contributed by atoms with Gasteiger partial charge in [-0.1, -0.05) is 27.7 Å². The topological polar surface area (TPSA) is 58.4 Å². The molecule has 4 heteroatoms. The van der Waals surface area contributed by atoms with E-state index in [0.29, 0.717) is 12.0 Å². The number of hydrogen-bond acceptors (Lipinski definition) is 3. The van der Waals surface area contributed by atoms with Crippen LogP contribution in [0, 0.1) is 5.92 Å². The molecule has 4 nitrogen and oxygen atoms in total. The van der Waals surface area contributed by atoms with E-state index in [1.807, 2.05) is 6.92 Å². The van der Waals surface area contributed by atoms with Crippen molar-refractivity contribution in [3.8, 4) is 0 Å². The van der Waals surface area contributed by atoms with Gasteiger partial charge in [0.15, 0.2) is 0 Å². The van der Waals surface area contributed by atoms with Gasteiger partial charge in [0.05, 0.1) is 5.54 Å². The molecule has 0 bridgehead atoms. The lowest BCUT2D eigenvalue weighted by atomic mass is 9.91. The van der Waals surface area contributed by atoms with Gasteiger partial charge in [-0.05, 0) is 45.7 Å². The van der Waals surface area contributed by atoms with Gasteiger partial charge in [-0.25, -0.2) is 0 Å². The summed E-state index contributed by atoms with van der Waals surface area (Å²) in [6.45, 7) is 15.7. The van der Waals surface area contributed by atoms with Crippen molar-refractivity contribution >= 4 is 5.91 Å². The lowest BCUT2D eigenvalue weighted by Crippen LogP contribution is -2.56. The van der Waals surface area contributed by atoms with Crippen molar-refractivity contribution in [3.63, 3.8) is 0 Å². The molecular formula is C15H33N3O. The van der Waals surface area contributed by atoms with Crippen molar-refractivity contribution in [2.24, 2.45) is 11.7 Å². The molecule has 0 aromatic carbocycles. The maximum atomic E-state index is 11.7. The van der Waals surface area contributed by atoms with E-state index in [0.717, 1.165) is 32.5 Å². The summed E-state index contributed by atoms with van der Waals surface area (Å²) in [7, 11) is 0. The Bertz CT molecular complexity index is 268. The van der Waals surface area contributed by atoms with Gasteiger partial charge in [0.1, 0.15) is 0 Å².